The largest absolute Gasteiger partial charge is 0.486 e. The molecule has 5 heteroatoms. The van der Waals surface area contributed by atoms with E-state index in [9.17, 15) is 5.11 Å². The molecule has 0 unspecified atom stereocenters. The van der Waals surface area contributed by atoms with Crippen LogP contribution in [0.4, 0.5) is 0 Å². The Morgan fingerprint density at radius 1 is 1.11 bits per heavy atom. The fraction of sp³-hybridized carbons (Fsp3) is 0.455. The molecule has 5 nitrogen and oxygen atoms in total. The summed E-state index contributed by atoms with van der Waals surface area (Å²) < 4.78 is 17.7. The number of benzene rings is 2. The van der Waals surface area contributed by atoms with Gasteiger partial charge in [-0.05, 0) is 42.5 Å². The highest BCUT2D eigenvalue weighted by molar-refractivity contribution is 5.40. The third kappa shape index (κ3) is 4.61. The van der Waals surface area contributed by atoms with Gasteiger partial charge in [-0.25, -0.2) is 0 Å². The van der Waals surface area contributed by atoms with Gasteiger partial charge in [-0.3, -0.25) is 0 Å². The summed E-state index contributed by atoms with van der Waals surface area (Å²) in [4.78, 5) is 0. The molecule has 3 atom stereocenters. The predicted octanol–water partition coefficient (Wildman–Crippen LogP) is 1.84. The zero-order chi connectivity index (χ0) is 18.5. The second-order valence-electron chi connectivity index (χ2n) is 7.32. The molecular weight excluding hydrogens is 342 g/mol. The Morgan fingerprint density at radius 2 is 1.93 bits per heavy atom. The van der Waals surface area contributed by atoms with Gasteiger partial charge in [0, 0.05) is 0 Å². The van der Waals surface area contributed by atoms with Crippen molar-refractivity contribution < 1.29 is 24.6 Å². The Bertz CT molecular complexity index is 751. The normalized spacial score (nSPS) is 22.1. The van der Waals surface area contributed by atoms with Crippen LogP contribution in [0.15, 0.2) is 48.5 Å². The number of para-hydroxylation sites is 2. The minimum absolute atomic E-state index is 0.00163. The molecule has 4 rings (SSSR count). The zero-order valence-electron chi connectivity index (χ0n) is 15.5. The Kier molecular flexibility index (Phi) is 5.92. The molecule has 2 aromatic carbocycles. The summed E-state index contributed by atoms with van der Waals surface area (Å²) in [6.45, 7) is 2.24. The summed E-state index contributed by atoms with van der Waals surface area (Å²) in [5, 5.41) is 12.4. The molecule has 0 fully saturated rings. The van der Waals surface area contributed by atoms with Crippen LogP contribution in [0.3, 0.4) is 0 Å². The first-order valence-electron chi connectivity index (χ1n) is 9.87. The van der Waals surface area contributed by atoms with Gasteiger partial charge in [-0.2, -0.15) is 0 Å². The summed E-state index contributed by atoms with van der Waals surface area (Å²) in [7, 11) is 0. The van der Waals surface area contributed by atoms with Gasteiger partial charge >= 0.3 is 0 Å². The Labute approximate surface area is 160 Å². The maximum absolute atomic E-state index is 10.3. The van der Waals surface area contributed by atoms with E-state index in [0.29, 0.717) is 19.8 Å². The SMILES string of the molecule is O[C@@H](C[NH2+]C[C@@H]1COc2ccccc2O1)CO[C@@H]1CCCc2ccccc21. The molecule has 0 amide bonds. The van der Waals surface area contributed by atoms with Crippen LogP contribution in [0, 0.1) is 0 Å². The van der Waals surface area contributed by atoms with Crippen LogP contribution in [0.5, 0.6) is 11.5 Å². The smallest absolute Gasteiger partial charge is 0.181 e. The van der Waals surface area contributed by atoms with Gasteiger partial charge in [0.2, 0.25) is 0 Å². The average molecular weight is 370 g/mol. The van der Waals surface area contributed by atoms with Gasteiger partial charge in [0.05, 0.1) is 12.7 Å². The molecule has 144 valence electrons. The first-order chi connectivity index (χ1) is 13.3. The number of rotatable bonds is 7. The lowest BCUT2D eigenvalue weighted by Crippen LogP contribution is -2.89. The lowest BCUT2D eigenvalue weighted by molar-refractivity contribution is -0.666. The third-order valence-corrected chi connectivity index (χ3v) is 5.24. The highest BCUT2D eigenvalue weighted by Crippen LogP contribution is 2.32. The Balaban J connectivity index is 1.18. The number of hydrogen-bond donors (Lipinski definition) is 2. The number of quaternary nitrogens is 1. The van der Waals surface area contributed by atoms with Gasteiger partial charge < -0.3 is 24.6 Å². The summed E-state index contributed by atoms with van der Waals surface area (Å²) in [5.74, 6) is 1.59. The van der Waals surface area contributed by atoms with E-state index in [1.54, 1.807) is 0 Å². The van der Waals surface area contributed by atoms with Crippen molar-refractivity contribution in [3.8, 4) is 11.5 Å². The van der Waals surface area contributed by atoms with Crippen molar-refractivity contribution in [1.29, 1.82) is 0 Å². The maximum atomic E-state index is 10.3. The molecule has 0 saturated carbocycles. The number of aliphatic hydroxyl groups is 1. The van der Waals surface area contributed by atoms with Crippen molar-refractivity contribution in [3.63, 3.8) is 0 Å². The first kappa shape index (κ1) is 18.3. The minimum Gasteiger partial charge on any atom is -0.486 e. The van der Waals surface area contributed by atoms with Gasteiger partial charge in [0.25, 0.3) is 0 Å². The quantitative estimate of drug-likeness (QED) is 0.781. The predicted molar refractivity (Wildman–Crippen MR) is 102 cm³/mol. The number of aryl methyl sites for hydroxylation is 1. The molecule has 27 heavy (non-hydrogen) atoms. The van der Waals surface area contributed by atoms with Crippen LogP contribution in [0.25, 0.3) is 0 Å². The van der Waals surface area contributed by atoms with Crippen molar-refractivity contribution >= 4 is 0 Å². The van der Waals surface area contributed by atoms with E-state index in [2.05, 4.69) is 29.6 Å². The number of ether oxygens (including phenoxy) is 3. The summed E-state index contributed by atoms with van der Waals surface area (Å²) in [6, 6.07) is 16.2. The van der Waals surface area contributed by atoms with Crippen LogP contribution in [-0.2, 0) is 11.2 Å². The van der Waals surface area contributed by atoms with Crippen LogP contribution >= 0.6 is 0 Å². The van der Waals surface area contributed by atoms with Crippen LogP contribution < -0.4 is 14.8 Å². The summed E-state index contributed by atoms with van der Waals surface area (Å²) >= 11 is 0. The molecule has 1 aliphatic carbocycles. The third-order valence-electron chi connectivity index (χ3n) is 5.24. The Morgan fingerprint density at radius 3 is 2.85 bits per heavy atom. The fourth-order valence-electron chi connectivity index (χ4n) is 3.83. The molecule has 2 aliphatic rings. The molecule has 1 heterocycles. The maximum Gasteiger partial charge on any atom is 0.181 e. The monoisotopic (exact) mass is 370 g/mol. The fourth-order valence-corrected chi connectivity index (χ4v) is 3.83. The molecule has 2 aromatic rings. The standard InChI is InChI=1S/C22H27NO4/c24-17(14-25-20-11-5-7-16-6-1-2-8-19(16)20)12-23-13-18-15-26-21-9-3-4-10-22(21)27-18/h1-4,6,8-10,17-18,20,23-24H,5,7,11-15H2/p+1/t17-,18+,20+/m0/s1. The molecule has 0 spiro atoms. The number of hydrogen-bond acceptors (Lipinski definition) is 4. The van der Waals surface area contributed by atoms with Crippen molar-refractivity contribution in [2.24, 2.45) is 0 Å². The van der Waals surface area contributed by atoms with Crippen LogP contribution in [-0.4, -0.2) is 43.6 Å². The molecule has 1 aliphatic heterocycles. The van der Waals surface area contributed by atoms with Crippen molar-refractivity contribution in [2.45, 2.75) is 37.6 Å². The lowest BCUT2D eigenvalue weighted by Gasteiger charge is -2.27. The van der Waals surface area contributed by atoms with E-state index in [0.717, 1.165) is 37.3 Å². The summed E-state index contributed by atoms with van der Waals surface area (Å²) in [5.41, 5.74) is 2.66. The lowest BCUT2D eigenvalue weighted by atomic mass is 9.89. The molecule has 3 N–H and O–H groups in total. The van der Waals surface area contributed by atoms with E-state index in [-0.39, 0.29) is 12.2 Å². The van der Waals surface area contributed by atoms with E-state index in [1.807, 2.05) is 24.3 Å². The van der Waals surface area contributed by atoms with Gasteiger partial charge in [-0.15, -0.1) is 0 Å². The van der Waals surface area contributed by atoms with Gasteiger partial charge in [0.1, 0.15) is 25.8 Å². The number of aliphatic hydroxyl groups excluding tert-OH is 1. The number of fused-ring (bicyclic) bond motifs is 2. The van der Waals surface area contributed by atoms with Crippen molar-refractivity contribution in [3.05, 3.63) is 59.7 Å². The summed E-state index contributed by atoms with van der Waals surface area (Å²) in [6.07, 6.45) is 2.91. The highest BCUT2D eigenvalue weighted by atomic mass is 16.6. The van der Waals surface area contributed by atoms with Crippen molar-refractivity contribution in [1.82, 2.24) is 0 Å². The van der Waals surface area contributed by atoms with Crippen molar-refractivity contribution in [2.75, 3.05) is 26.3 Å². The average Bonchev–Trinajstić information content (AvgIpc) is 2.72. The van der Waals surface area contributed by atoms with E-state index in [4.69, 9.17) is 14.2 Å². The Hall–Kier alpha value is -2.08. The zero-order valence-corrected chi connectivity index (χ0v) is 15.5. The van der Waals surface area contributed by atoms with Crippen LogP contribution in [0.1, 0.15) is 30.1 Å². The molecular formula is C22H28NO4+. The van der Waals surface area contributed by atoms with E-state index >= 15 is 0 Å². The minimum atomic E-state index is -0.490. The molecule has 0 aromatic heterocycles. The van der Waals surface area contributed by atoms with E-state index in [1.165, 1.54) is 11.1 Å². The topological polar surface area (TPSA) is 64.5 Å². The highest BCUT2D eigenvalue weighted by Gasteiger charge is 2.24. The number of nitrogens with two attached hydrogens (primary N) is 1. The first-order valence-corrected chi connectivity index (χ1v) is 9.87. The van der Waals surface area contributed by atoms with Crippen LogP contribution in [0.2, 0.25) is 0 Å². The molecule has 0 radical (unpaired) electrons. The molecule has 0 bridgehead atoms. The second kappa shape index (κ2) is 8.74. The molecule has 0 saturated heterocycles. The second-order valence-corrected chi connectivity index (χ2v) is 7.32. The van der Waals surface area contributed by atoms with Gasteiger partial charge in [0.15, 0.2) is 17.6 Å². The van der Waals surface area contributed by atoms with Gasteiger partial charge in [-0.1, -0.05) is 36.4 Å². The van der Waals surface area contributed by atoms with E-state index < -0.39 is 6.10 Å².